The lowest BCUT2D eigenvalue weighted by atomic mass is 10.2. The van der Waals surface area contributed by atoms with Gasteiger partial charge in [0.25, 0.3) is 5.91 Å². The lowest BCUT2D eigenvalue weighted by molar-refractivity contribution is 0.0696. The van der Waals surface area contributed by atoms with Crippen LogP contribution in [0.2, 0.25) is 0 Å². The van der Waals surface area contributed by atoms with Crippen molar-refractivity contribution in [1.29, 1.82) is 0 Å². The summed E-state index contributed by atoms with van der Waals surface area (Å²) >= 11 is 3.21. The number of amides is 1. The van der Waals surface area contributed by atoms with Crippen molar-refractivity contribution in [1.82, 2.24) is 9.97 Å². The topological polar surface area (TPSA) is 92.2 Å². The van der Waals surface area contributed by atoms with E-state index in [-0.39, 0.29) is 5.56 Å². The van der Waals surface area contributed by atoms with Gasteiger partial charge in [-0.15, -0.1) is 0 Å². The van der Waals surface area contributed by atoms with Crippen LogP contribution >= 0.6 is 15.9 Å². The summed E-state index contributed by atoms with van der Waals surface area (Å²) in [4.78, 5) is 30.3. The number of carbonyl (C=O) groups excluding carboxylic acids is 1. The van der Waals surface area contributed by atoms with E-state index in [0.29, 0.717) is 15.7 Å². The standard InChI is InChI=1S/C12H8BrN3O3/c13-9-1-7(3-14-5-9)11(17)16-10-2-8(12(18)19)4-15-6-10/h1-6H,(H,16,17)(H,18,19). The number of carboxylic acids is 1. The number of hydrogen-bond acceptors (Lipinski definition) is 4. The van der Waals surface area contributed by atoms with Crippen molar-refractivity contribution in [3.8, 4) is 0 Å². The maximum Gasteiger partial charge on any atom is 0.337 e. The van der Waals surface area contributed by atoms with Crippen LogP contribution < -0.4 is 5.32 Å². The van der Waals surface area contributed by atoms with E-state index in [0.717, 1.165) is 0 Å². The van der Waals surface area contributed by atoms with E-state index < -0.39 is 11.9 Å². The van der Waals surface area contributed by atoms with E-state index >= 15 is 0 Å². The Labute approximate surface area is 116 Å². The van der Waals surface area contributed by atoms with Gasteiger partial charge in [-0.3, -0.25) is 14.8 Å². The van der Waals surface area contributed by atoms with Crippen molar-refractivity contribution in [3.63, 3.8) is 0 Å². The molecule has 0 aliphatic rings. The molecule has 19 heavy (non-hydrogen) atoms. The van der Waals surface area contributed by atoms with Gasteiger partial charge in [0, 0.05) is 23.1 Å². The highest BCUT2D eigenvalue weighted by molar-refractivity contribution is 9.10. The van der Waals surface area contributed by atoms with Gasteiger partial charge in [0.15, 0.2) is 0 Å². The maximum atomic E-state index is 11.9. The van der Waals surface area contributed by atoms with Gasteiger partial charge in [0.1, 0.15) is 0 Å². The number of anilines is 1. The van der Waals surface area contributed by atoms with Crippen LogP contribution in [-0.4, -0.2) is 27.0 Å². The number of pyridine rings is 2. The highest BCUT2D eigenvalue weighted by Gasteiger charge is 2.09. The SMILES string of the molecule is O=C(O)c1cncc(NC(=O)c2cncc(Br)c2)c1. The molecule has 0 radical (unpaired) electrons. The van der Waals surface area contributed by atoms with Crippen LogP contribution in [0.3, 0.4) is 0 Å². The molecule has 7 heteroatoms. The van der Waals surface area contributed by atoms with Crippen molar-refractivity contribution in [3.05, 3.63) is 52.5 Å². The second-order valence-corrected chi connectivity index (χ2v) is 4.53. The van der Waals surface area contributed by atoms with E-state index in [1.807, 2.05) is 0 Å². The highest BCUT2D eigenvalue weighted by Crippen LogP contribution is 2.13. The molecule has 2 rings (SSSR count). The Morgan fingerprint density at radius 2 is 1.74 bits per heavy atom. The lowest BCUT2D eigenvalue weighted by Gasteiger charge is -2.05. The number of aromatic nitrogens is 2. The van der Waals surface area contributed by atoms with Gasteiger partial charge in [-0.1, -0.05) is 0 Å². The second-order valence-electron chi connectivity index (χ2n) is 3.61. The molecule has 0 bridgehead atoms. The van der Waals surface area contributed by atoms with Crippen molar-refractivity contribution in [2.45, 2.75) is 0 Å². The van der Waals surface area contributed by atoms with Crippen molar-refractivity contribution >= 4 is 33.5 Å². The molecule has 2 heterocycles. The quantitative estimate of drug-likeness (QED) is 0.904. The zero-order chi connectivity index (χ0) is 13.8. The Morgan fingerprint density at radius 1 is 1.05 bits per heavy atom. The summed E-state index contributed by atoms with van der Waals surface area (Å²) in [6, 6.07) is 2.94. The summed E-state index contributed by atoms with van der Waals surface area (Å²) < 4.78 is 0.678. The molecule has 96 valence electrons. The van der Waals surface area contributed by atoms with E-state index in [1.165, 1.54) is 24.7 Å². The average Bonchev–Trinajstić information content (AvgIpc) is 2.39. The zero-order valence-corrected chi connectivity index (χ0v) is 11.1. The van der Waals surface area contributed by atoms with Gasteiger partial charge in [-0.2, -0.15) is 0 Å². The van der Waals surface area contributed by atoms with Crippen LogP contribution in [0, 0.1) is 0 Å². The first-order valence-electron chi connectivity index (χ1n) is 5.16. The molecule has 0 aliphatic heterocycles. The monoisotopic (exact) mass is 321 g/mol. The maximum absolute atomic E-state index is 11.9. The smallest absolute Gasteiger partial charge is 0.337 e. The minimum Gasteiger partial charge on any atom is -0.478 e. The molecular weight excluding hydrogens is 314 g/mol. The number of nitrogens with one attached hydrogen (secondary N) is 1. The van der Waals surface area contributed by atoms with Gasteiger partial charge >= 0.3 is 5.97 Å². The van der Waals surface area contributed by atoms with Gasteiger partial charge in [-0.05, 0) is 28.1 Å². The Hall–Kier alpha value is -2.28. The van der Waals surface area contributed by atoms with Crippen LogP contribution in [0.4, 0.5) is 5.69 Å². The van der Waals surface area contributed by atoms with Crippen LogP contribution in [0.1, 0.15) is 20.7 Å². The first-order chi connectivity index (χ1) is 9.06. The number of nitrogens with zero attached hydrogens (tertiary/aromatic N) is 2. The van der Waals surface area contributed by atoms with E-state index in [4.69, 9.17) is 5.11 Å². The van der Waals surface area contributed by atoms with Gasteiger partial charge < -0.3 is 10.4 Å². The fourth-order valence-corrected chi connectivity index (χ4v) is 1.73. The molecule has 2 N–H and O–H groups in total. The molecule has 2 aromatic rings. The lowest BCUT2D eigenvalue weighted by Crippen LogP contribution is -2.13. The summed E-state index contributed by atoms with van der Waals surface area (Å²) in [5.74, 6) is -1.49. The molecule has 6 nitrogen and oxygen atoms in total. The summed E-state index contributed by atoms with van der Waals surface area (Å²) in [6.45, 7) is 0. The Bertz CT molecular complexity index is 646. The Morgan fingerprint density at radius 3 is 2.42 bits per heavy atom. The summed E-state index contributed by atoms with van der Waals surface area (Å²) in [5.41, 5.74) is 0.671. The van der Waals surface area contributed by atoms with E-state index in [2.05, 4.69) is 31.2 Å². The molecule has 0 unspecified atom stereocenters. The number of hydrogen-bond donors (Lipinski definition) is 2. The Balaban J connectivity index is 2.19. The molecule has 0 spiro atoms. The van der Waals surface area contributed by atoms with Gasteiger partial charge in [-0.25, -0.2) is 4.79 Å². The van der Waals surface area contributed by atoms with Crippen molar-refractivity contribution in [2.24, 2.45) is 0 Å². The fourth-order valence-electron chi connectivity index (χ4n) is 1.36. The van der Waals surface area contributed by atoms with E-state index in [1.54, 1.807) is 12.3 Å². The number of aromatic carboxylic acids is 1. The number of rotatable bonds is 3. The molecule has 0 saturated heterocycles. The summed E-state index contributed by atoms with van der Waals surface area (Å²) in [6.07, 6.45) is 5.55. The molecule has 0 fully saturated rings. The Kier molecular flexibility index (Phi) is 3.86. The normalized spacial score (nSPS) is 9.95. The zero-order valence-electron chi connectivity index (χ0n) is 9.50. The molecule has 0 saturated carbocycles. The van der Waals surface area contributed by atoms with Crippen LogP contribution in [0.25, 0.3) is 0 Å². The van der Waals surface area contributed by atoms with Crippen LogP contribution in [0.15, 0.2) is 41.4 Å². The van der Waals surface area contributed by atoms with Crippen LogP contribution in [0.5, 0.6) is 0 Å². The van der Waals surface area contributed by atoms with E-state index in [9.17, 15) is 9.59 Å². The van der Waals surface area contributed by atoms with Crippen LogP contribution in [-0.2, 0) is 0 Å². The molecule has 0 aromatic carbocycles. The largest absolute Gasteiger partial charge is 0.478 e. The predicted octanol–water partition coefficient (Wildman–Crippen LogP) is 2.19. The molecular formula is C12H8BrN3O3. The number of carbonyl (C=O) groups is 2. The second kappa shape index (κ2) is 5.57. The third kappa shape index (κ3) is 3.35. The fraction of sp³-hybridized carbons (Fsp3) is 0. The minimum atomic E-state index is -1.10. The minimum absolute atomic E-state index is 0.00478. The first kappa shape index (κ1) is 13.2. The third-order valence-electron chi connectivity index (χ3n) is 2.21. The van der Waals surface area contributed by atoms with Gasteiger partial charge in [0.2, 0.25) is 0 Å². The average molecular weight is 322 g/mol. The third-order valence-corrected chi connectivity index (χ3v) is 2.64. The molecule has 2 aromatic heterocycles. The number of halogens is 1. The van der Waals surface area contributed by atoms with Crippen molar-refractivity contribution < 1.29 is 14.7 Å². The number of carboxylic acid groups (broad SMARTS) is 1. The molecule has 0 aliphatic carbocycles. The van der Waals surface area contributed by atoms with Gasteiger partial charge in [0.05, 0.1) is 23.0 Å². The summed E-state index contributed by atoms with van der Waals surface area (Å²) in [5, 5.41) is 11.4. The summed E-state index contributed by atoms with van der Waals surface area (Å²) in [7, 11) is 0. The molecule has 1 amide bonds. The highest BCUT2D eigenvalue weighted by atomic mass is 79.9. The molecule has 0 atom stereocenters. The predicted molar refractivity (Wildman–Crippen MR) is 71.1 cm³/mol. The van der Waals surface area contributed by atoms with Crippen molar-refractivity contribution in [2.75, 3.05) is 5.32 Å². The first-order valence-corrected chi connectivity index (χ1v) is 5.96.